The highest BCUT2D eigenvalue weighted by molar-refractivity contribution is 7.12. The highest BCUT2D eigenvalue weighted by Gasteiger charge is 2.04. The lowest BCUT2D eigenvalue weighted by atomic mass is 10.1. The average Bonchev–Trinajstić information content (AvgIpc) is 2.69. The molecule has 0 spiro atoms. The molecule has 0 aliphatic rings. The van der Waals surface area contributed by atoms with Gasteiger partial charge in [0.2, 0.25) is 0 Å². The Balaban J connectivity index is 1.92. The van der Waals surface area contributed by atoms with E-state index in [9.17, 15) is 4.79 Å². The minimum Gasteiger partial charge on any atom is -0.478 e. The largest absolute Gasteiger partial charge is 0.478 e. The summed E-state index contributed by atoms with van der Waals surface area (Å²) in [6.45, 7) is 5.74. The summed E-state index contributed by atoms with van der Waals surface area (Å²) in [6, 6.07) is 9.23. The topological polar surface area (TPSA) is 49.3 Å². The lowest BCUT2D eigenvalue weighted by Gasteiger charge is -2.04. The second kappa shape index (κ2) is 5.99. The van der Waals surface area contributed by atoms with Gasteiger partial charge in [-0.15, -0.1) is 11.3 Å². The molecule has 3 nitrogen and oxygen atoms in total. The number of thiophene rings is 1. The molecule has 0 radical (unpaired) electrons. The number of carboxylic acid groups (broad SMARTS) is 1. The molecule has 19 heavy (non-hydrogen) atoms. The van der Waals surface area contributed by atoms with Gasteiger partial charge in [0.15, 0.2) is 0 Å². The van der Waals surface area contributed by atoms with Crippen LogP contribution in [0.1, 0.15) is 31.2 Å². The number of hydrogen-bond donors (Lipinski definition) is 2. The molecule has 0 aliphatic carbocycles. The Kier molecular flexibility index (Phi) is 4.35. The number of nitrogens with one attached hydrogen (secondary N) is 1. The molecule has 0 bridgehead atoms. The summed E-state index contributed by atoms with van der Waals surface area (Å²) in [6.07, 6.45) is 0. The quantitative estimate of drug-likeness (QED) is 0.879. The normalized spacial score (nSPS) is 10.6. The molecule has 0 atom stereocenters. The van der Waals surface area contributed by atoms with Gasteiger partial charge in [-0.3, -0.25) is 0 Å². The Morgan fingerprint density at radius 1 is 1.26 bits per heavy atom. The molecule has 2 aromatic rings. The third-order valence-electron chi connectivity index (χ3n) is 3.02. The summed E-state index contributed by atoms with van der Waals surface area (Å²) in [7, 11) is 0. The second-order valence-corrected chi connectivity index (χ2v) is 5.90. The van der Waals surface area contributed by atoms with Crippen molar-refractivity contribution in [3.8, 4) is 0 Å². The van der Waals surface area contributed by atoms with Gasteiger partial charge in [-0.1, -0.05) is 12.1 Å². The molecule has 0 unspecified atom stereocenters. The molecule has 0 aliphatic heterocycles. The number of hydrogen-bond acceptors (Lipinski definition) is 3. The van der Waals surface area contributed by atoms with E-state index in [4.69, 9.17) is 5.11 Å². The van der Waals surface area contributed by atoms with Crippen LogP contribution in [0.2, 0.25) is 0 Å². The summed E-state index contributed by atoms with van der Waals surface area (Å²) in [5.41, 5.74) is 2.65. The molecule has 0 fully saturated rings. The van der Waals surface area contributed by atoms with Crippen LogP contribution in [-0.2, 0) is 13.1 Å². The molecular formula is C15H17NO2S. The maximum atomic E-state index is 10.9. The third-order valence-corrected chi connectivity index (χ3v) is 4.17. The first-order valence-corrected chi connectivity index (χ1v) is 6.97. The highest BCUT2D eigenvalue weighted by Crippen LogP contribution is 2.20. The molecule has 2 N–H and O–H groups in total. The van der Waals surface area contributed by atoms with Crippen molar-refractivity contribution in [2.75, 3.05) is 0 Å². The number of aryl methyl sites for hydroxylation is 2. The van der Waals surface area contributed by atoms with Gasteiger partial charge in [-0.25, -0.2) is 4.79 Å². The van der Waals surface area contributed by atoms with Crippen LogP contribution in [0.3, 0.4) is 0 Å². The van der Waals surface area contributed by atoms with Gasteiger partial charge >= 0.3 is 5.97 Å². The Morgan fingerprint density at radius 3 is 2.68 bits per heavy atom. The van der Waals surface area contributed by atoms with Crippen LogP contribution in [0.4, 0.5) is 0 Å². The molecule has 1 heterocycles. The zero-order valence-electron chi connectivity index (χ0n) is 11.1. The molecule has 4 heteroatoms. The number of aromatic carboxylic acids is 1. The van der Waals surface area contributed by atoms with Crippen molar-refractivity contribution in [2.24, 2.45) is 0 Å². The molecule has 1 aromatic heterocycles. The first-order chi connectivity index (χ1) is 9.06. The van der Waals surface area contributed by atoms with Gasteiger partial charge in [-0.2, -0.15) is 0 Å². The zero-order chi connectivity index (χ0) is 13.8. The van der Waals surface area contributed by atoms with Crippen LogP contribution in [0.5, 0.6) is 0 Å². The Morgan fingerprint density at radius 2 is 2.05 bits per heavy atom. The smallest absolute Gasteiger partial charge is 0.335 e. The van der Waals surface area contributed by atoms with Gasteiger partial charge in [0, 0.05) is 22.8 Å². The van der Waals surface area contributed by atoms with E-state index in [1.807, 2.05) is 6.07 Å². The van der Waals surface area contributed by atoms with Gasteiger partial charge in [0.05, 0.1) is 5.56 Å². The van der Waals surface area contributed by atoms with E-state index in [1.54, 1.807) is 29.5 Å². The van der Waals surface area contributed by atoms with Crippen LogP contribution >= 0.6 is 11.3 Å². The SMILES string of the molecule is Cc1cc(CNCc2cccc(C(=O)O)c2)sc1C. The van der Waals surface area contributed by atoms with Crippen LogP contribution in [-0.4, -0.2) is 11.1 Å². The van der Waals surface area contributed by atoms with Crippen molar-refractivity contribution < 1.29 is 9.90 Å². The van der Waals surface area contributed by atoms with Crippen molar-refractivity contribution in [3.05, 3.63) is 56.8 Å². The summed E-state index contributed by atoms with van der Waals surface area (Å²) >= 11 is 1.80. The van der Waals surface area contributed by atoms with Crippen molar-refractivity contribution in [1.82, 2.24) is 5.32 Å². The molecular weight excluding hydrogens is 258 g/mol. The maximum absolute atomic E-state index is 10.9. The highest BCUT2D eigenvalue weighted by atomic mass is 32.1. The Labute approximate surface area is 116 Å². The second-order valence-electron chi connectivity index (χ2n) is 4.56. The maximum Gasteiger partial charge on any atom is 0.335 e. The van der Waals surface area contributed by atoms with E-state index in [0.717, 1.165) is 12.1 Å². The summed E-state index contributed by atoms with van der Waals surface area (Å²) < 4.78 is 0. The van der Waals surface area contributed by atoms with Crippen molar-refractivity contribution in [3.63, 3.8) is 0 Å². The van der Waals surface area contributed by atoms with E-state index in [1.165, 1.54) is 15.3 Å². The lowest BCUT2D eigenvalue weighted by Crippen LogP contribution is -2.12. The van der Waals surface area contributed by atoms with E-state index in [-0.39, 0.29) is 0 Å². The van der Waals surface area contributed by atoms with Crippen molar-refractivity contribution in [1.29, 1.82) is 0 Å². The minimum atomic E-state index is -0.883. The standard InChI is InChI=1S/C15H17NO2S/c1-10-6-14(19-11(10)2)9-16-8-12-4-3-5-13(7-12)15(17)18/h3-7,16H,8-9H2,1-2H3,(H,17,18). The summed E-state index contributed by atoms with van der Waals surface area (Å²) in [5, 5.41) is 12.3. The number of rotatable bonds is 5. The third kappa shape index (κ3) is 3.66. The average molecular weight is 275 g/mol. The first kappa shape index (κ1) is 13.8. The molecule has 0 saturated carbocycles. The molecule has 0 amide bonds. The Hall–Kier alpha value is -1.65. The van der Waals surface area contributed by atoms with Crippen LogP contribution in [0.25, 0.3) is 0 Å². The van der Waals surface area contributed by atoms with Gasteiger partial charge in [-0.05, 0) is 43.2 Å². The number of benzene rings is 1. The minimum absolute atomic E-state index is 0.335. The molecule has 1 aromatic carbocycles. The van der Waals surface area contributed by atoms with Gasteiger partial charge in [0.25, 0.3) is 0 Å². The summed E-state index contributed by atoms with van der Waals surface area (Å²) in [4.78, 5) is 13.5. The van der Waals surface area contributed by atoms with E-state index < -0.39 is 5.97 Å². The predicted octanol–water partition coefficient (Wildman–Crippen LogP) is 3.35. The fourth-order valence-electron chi connectivity index (χ4n) is 1.88. The Bertz CT molecular complexity index is 570. The van der Waals surface area contributed by atoms with Crippen molar-refractivity contribution in [2.45, 2.75) is 26.9 Å². The van der Waals surface area contributed by atoms with Crippen molar-refractivity contribution >= 4 is 17.3 Å². The van der Waals surface area contributed by atoms with Gasteiger partial charge in [0.1, 0.15) is 0 Å². The lowest BCUT2D eigenvalue weighted by molar-refractivity contribution is 0.0696. The van der Waals surface area contributed by atoms with E-state index in [2.05, 4.69) is 25.2 Å². The number of carbonyl (C=O) groups is 1. The molecule has 2 rings (SSSR count). The van der Waals surface area contributed by atoms with E-state index >= 15 is 0 Å². The van der Waals surface area contributed by atoms with Crippen LogP contribution in [0, 0.1) is 13.8 Å². The molecule has 100 valence electrons. The fourth-order valence-corrected chi connectivity index (χ4v) is 2.90. The van der Waals surface area contributed by atoms with Crippen LogP contribution < -0.4 is 5.32 Å². The van der Waals surface area contributed by atoms with E-state index in [0.29, 0.717) is 12.1 Å². The molecule has 0 saturated heterocycles. The van der Waals surface area contributed by atoms with Crippen LogP contribution in [0.15, 0.2) is 30.3 Å². The fraction of sp³-hybridized carbons (Fsp3) is 0.267. The first-order valence-electron chi connectivity index (χ1n) is 6.15. The monoisotopic (exact) mass is 275 g/mol. The van der Waals surface area contributed by atoms with Gasteiger partial charge < -0.3 is 10.4 Å². The zero-order valence-corrected chi connectivity index (χ0v) is 11.9. The predicted molar refractivity (Wildman–Crippen MR) is 77.7 cm³/mol. The number of carboxylic acids is 1. The summed E-state index contributed by atoms with van der Waals surface area (Å²) in [5.74, 6) is -0.883.